The van der Waals surface area contributed by atoms with Crippen LogP contribution in [-0.4, -0.2) is 83.2 Å². The van der Waals surface area contributed by atoms with Crippen molar-refractivity contribution in [3.63, 3.8) is 0 Å². The molecule has 1 spiro atoms. The zero-order chi connectivity index (χ0) is 30.2. The van der Waals surface area contributed by atoms with Gasteiger partial charge in [-0.05, 0) is 43.4 Å². The molecule has 2 aromatic carbocycles. The van der Waals surface area contributed by atoms with Crippen molar-refractivity contribution in [2.45, 2.75) is 50.0 Å². The van der Waals surface area contributed by atoms with Gasteiger partial charge in [0.05, 0.1) is 41.3 Å². The van der Waals surface area contributed by atoms with Crippen LogP contribution in [-0.2, 0) is 25.5 Å². The Morgan fingerprint density at radius 1 is 1.14 bits per heavy atom. The number of carbonyl (C=O) groups is 3. The topological polar surface area (TPSA) is 90.4 Å². The third-order valence-corrected chi connectivity index (χ3v) is 9.30. The summed E-state index contributed by atoms with van der Waals surface area (Å²) in [6, 6.07) is 13.2. The maximum absolute atomic E-state index is 14.9. The van der Waals surface area contributed by atoms with Gasteiger partial charge in [0, 0.05) is 20.1 Å². The number of hydrogen-bond acceptors (Lipinski definition) is 5. The highest BCUT2D eigenvalue weighted by atomic mass is 35.5. The number of carbonyl (C=O) groups excluding carboxylic acids is 3. The number of rotatable bonds is 11. The number of aliphatic hydroxyl groups excluding tert-OH is 1. The molecule has 5 rings (SSSR count). The molecule has 0 aromatic heterocycles. The van der Waals surface area contributed by atoms with E-state index in [1.807, 2.05) is 49.4 Å². The van der Waals surface area contributed by atoms with E-state index in [9.17, 15) is 19.5 Å². The van der Waals surface area contributed by atoms with Gasteiger partial charge in [-0.25, -0.2) is 0 Å². The van der Waals surface area contributed by atoms with Crippen molar-refractivity contribution in [3.8, 4) is 0 Å². The molecule has 3 amide bonds. The molecule has 3 saturated heterocycles. The van der Waals surface area contributed by atoms with Gasteiger partial charge in [0.2, 0.25) is 11.8 Å². The molecule has 3 fully saturated rings. The number of likely N-dealkylation sites (N-methyl/N-ethyl adjacent to an activating group) is 1. The zero-order valence-electron chi connectivity index (χ0n) is 24.1. The fourth-order valence-electron chi connectivity index (χ4n) is 7.25. The third-order valence-electron chi connectivity index (χ3n) is 8.99. The molecule has 42 heavy (non-hydrogen) atoms. The number of halogens is 1. The first-order valence-corrected chi connectivity index (χ1v) is 14.8. The number of aliphatic hydroxyl groups is 1. The summed E-state index contributed by atoms with van der Waals surface area (Å²) in [5.74, 6) is -2.51. The number of fused-ring (bicyclic) bond motifs is 1. The van der Waals surface area contributed by atoms with Gasteiger partial charge < -0.3 is 24.5 Å². The molecule has 222 valence electrons. The molecule has 2 bridgehead atoms. The first-order valence-electron chi connectivity index (χ1n) is 14.4. The van der Waals surface area contributed by atoms with Crippen molar-refractivity contribution in [1.29, 1.82) is 0 Å². The maximum atomic E-state index is 14.9. The molecule has 8 nitrogen and oxygen atoms in total. The number of nitrogens with zero attached hydrogens (tertiary/aromatic N) is 3. The molecule has 2 aromatic rings. The lowest BCUT2D eigenvalue weighted by Crippen LogP contribution is -2.59. The van der Waals surface area contributed by atoms with Crippen LogP contribution < -0.4 is 4.90 Å². The molecule has 3 aliphatic rings. The van der Waals surface area contributed by atoms with Gasteiger partial charge in [-0.3, -0.25) is 14.4 Å². The summed E-state index contributed by atoms with van der Waals surface area (Å²) >= 11 is 6.65. The van der Waals surface area contributed by atoms with Crippen LogP contribution in [0.25, 0.3) is 0 Å². The van der Waals surface area contributed by atoms with Crippen LogP contribution >= 0.6 is 11.6 Å². The quantitative estimate of drug-likeness (QED) is 0.402. The van der Waals surface area contributed by atoms with Crippen molar-refractivity contribution in [2.24, 2.45) is 11.8 Å². The number of benzene rings is 2. The molecule has 1 N–H and O–H groups in total. The van der Waals surface area contributed by atoms with E-state index in [2.05, 4.69) is 13.2 Å². The minimum Gasteiger partial charge on any atom is -0.394 e. The predicted octanol–water partition coefficient (Wildman–Crippen LogP) is 3.79. The van der Waals surface area contributed by atoms with Gasteiger partial charge in [0.1, 0.15) is 11.6 Å². The first-order chi connectivity index (χ1) is 20.2. The van der Waals surface area contributed by atoms with E-state index in [1.54, 1.807) is 35.1 Å². The van der Waals surface area contributed by atoms with E-state index in [-0.39, 0.29) is 30.9 Å². The van der Waals surface area contributed by atoms with Gasteiger partial charge >= 0.3 is 0 Å². The summed E-state index contributed by atoms with van der Waals surface area (Å²) in [7, 11) is 1.68. The van der Waals surface area contributed by atoms with Gasteiger partial charge in [0.25, 0.3) is 5.91 Å². The molecule has 0 radical (unpaired) electrons. The van der Waals surface area contributed by atoms with Gasteiger partial charge in [-0.2, -0.15) is 0 Å². The van der Waals surface area contributed by atoms with Gasteiger partial charge in [0.15, 0.2) is 0 Å². The molecular formula is C33H38ClN3O5. The zero-order valence-corrected chi connectivity index (χ0v) is 24.9. The molecule has 3 heterocycles. The Hall–Kier alpha value is -3.46. The number of para-hydroxylation sites is 1. The summed E-state index contributed by atoms with van der Waals surface area (Å²) < 4.78 is 6.63. The van der Waals surface area contributed by atoms with E-state index in [0.29, 0.717) is 36.5 Å². The Morgan fingerprint density at radius 3 is 2.50 bits per heavy atom. The number of amides is 3. The molecule has 9 heteroatoms. The molecule has 0 aliphatic carbocycles. The Morgan fingerprint density at radius 2 is 1.86 bits per heavy atom. The van der Waals surface area contributed by atoms with Crippen LogP contribution in [0.4, 0.5) is 5.69 Å². The smallest absolute Gasteiger partial charge is 0.253 e. The van der Waals surface area contributed by atoms with E-state index in [1.165, 1.54) is 4.90 Å². The monoisotopic (exact) mass is 591 g/mol. The maximum Gasteiger partial charge on any atom is 0.253 e. The fourth-order valence-corrected chi connectivity index (χ4v) is 7.58. The summed E-state index contributed by atoms with van der Waals surface area (Å²) in [5.41, 5.74) is 1.03. The van der Waals surface area contributed by atoms with Crippen LogP contribution in [0.2, 0.25) is 5.02 Å². The van der Waals surface area contributed by atoms with Crippen LogP contribution in [0, 0.1) is 18.8 Å². The van der Waals surface area contributed by atoms with Crippen molar-refractivity contribution in [1.82, 2.24) is 9.80 Å². The lowest BCUT2D eigenvalue weighted by atomic mass is 9.70. The minimum absolute atomic E-state index is 0.152. The van der Waals surface area contributed by atoms with E-state index in [0.717, 1.165) is 11.1 Å². The average Bonchev–Trinajstić information content (AvgIpc) is 3.62. The first kappa shape index (κ1) is 30.0. The summed E-state index contributed by atoms with van der Waals surface area (Å²) in [6.07, 6.45) is 4.11. The molecule has 6 atom stereocenters. The summed E-state index contributed by atoms with van der Waals surface area (Å²) in [5, 5.41) is 11.1. The minimum atomic E-state index is -1.22. The van der Waals surface area contributed by atoms with E-state index in [4.69, 9.17) is 16.3 Å². The highest BCUT2D eigenvalue weighted by molar-refractivity contribution is 6.34. The molecule has 0 saturated carbocycles. The lowest BCUT2D eigenvalue weighted by Gasteiger charge is -2.39. The van der Waals surface area contributed by atoms with E-state index < -0.39 is 35.6 Å². The van der Waals surface area contributed by atoms with Crippen LogP contribution in [0.3, 0.4) is 0 Å². The van der Waals surface area contributed by atoms with Crippen molar-refractivity contribution >= 4 is 35.0 Å². The Bertz CT molecular complexity index is 1360. The van der Waals surface area contributed by atoms with Crippen molar-refractivity contribution in [3.05, 3.63) is 90.0 Å². The standard InChI is InChI=1S/C33H38ClN3O5/c1-5-17-35(4)30(39)26-25-15-16-33(42-25)27(26)31(40)37(23(20-38)19-22-12-8-7-9-13-22)29(33)32(41)36(18-6-2)28-21(3)11-10-14-24(28)34/h5-14,23,25-27,29,38H,1-2,15-20H2,3-4H3/t23-,25+,26-,27+,29?,33?/m1/s1. The average molecular weight is 592 g/mol. The summed E-state index contributed by atoms with van der Waals surface area (Å²) in [4.78, 5) is 47.8. The normalized spacial score (nSPS) is 26.6. The number of likely N-dealkylation sites (tertiary alicyclic amines) is 1. The van der Waals surface area contributed by atoms with Crippen LogP contribution in [0.1, 0.15) is 24.0 Å². The summed E-state index contributed by atoms with van der Waals surface area (Å²) in [6.45, 7) is 9.60. The Kier molecular flexibility index (Phi) is 8.60. The number of aryl methyl sites for hydroxylation is 1. The second-order valence-corrected chi connectivity index (χ2v) is 11.9. The number of anilines is 1. The Labute approximate surface area is 252 Å². The largest absolute Gasteiger partial charge is 0.394 e. The van der Waals surface area contributed by atoms with E-state index >= 15 is 0 Å². The second-order valence-electron chi connectivity index (χ2n) is 11.5. The SMILES string of the molecule is C=CCN(C)C(=O)[C@@H]1[C@@H]2CCC3(O2)C(C(=O)N(CC=C)c2c(C)cccc2Cl)N([C@@H](CO)Cc2ccccc2)C(=O)[C@H]13. The van der Waals surface area contributed by atoms with Crippen LogP contribution in [0.15, 0.2) is 73.8 Å². The fraction of sp³-hybridized carbons (Fsp3) is 0.424. The number of hydrogen-bond donors (Lipinski definition) is 1. The van der Waals surface area contributed by atoms with Crippen molar-refractivity contribution in [2.75, 3.05) is 31.6 Å². The van der Waals surface area contributed by atoms with Crippen molar-refractivity contribution < 1.29 is 24.2 Å². The highest BCUT2D eigenvalue weighted by Gasteiger charge is 2.75. The highest BCUT2D eigenvalue weighted by Crippen LogP contribution is 2.59. The number of ether oxygens (including phenoxy) is 1. The van der Waals surface area contributed by atoms with Gasteiger partial charge in [-0.15, -0.1) is 13.2 Å². The second kappa shape index (κ2) is 12.0. The third kappa shape index (κ3) is 4.85. The lowest BCUT2D eigenvalue weighted by molar-refractivity contribution is -0.146. The molecule has 2 unspecified atom stereocenters. The predicted molar refractivity (Wildman–Crippen MR) is 162 cm³/mol. The van der Waals surface area contributed by atoms with Crippen LogP contribution in [0.5, 0.6) is 0 Å². The Balaban J connectivity index is 1.63. The molecular weight excluding hydrogens is 554 g/mol. The van der Waals surface area contributed by atoms with Gasteiger partial charge in [-0.1, -0.05) is 66.2 Å². The molecule has 3 aliphatic heterocycles.